The first-order valence-corrected chi connectivity index (χ1v) is 8.30. The maximum absolute atomic E-state index is 12.4. The van der Waals surface area contributed by atoms with Gasteiger partial charge in [-0.3, -0.25) is 9.59 Å². The van der Waals surface area contributed by atoms with Gasteiger partial charge in [0, 0.05) is 19.0 Å². The van der Waals surface area contributed by atoms with Gasteiger partial charge in [-0.25, -0.2) is 0 Å². The highest BCUT2D eigenvalue weighted by Crippen LogP contribution is 2.44. The molecule has 0 heterocycles. The van der Waals surface area contributed by atoms with Crippen molar-refractivity contribution in [2.75, 3.05) is 13.2 Å². The number of fused-ring (bicyclic) bond motifs is 2. The molecule has 2 saturated carbocycles. The molecule has 0 saturated heterocycles. The van der Waals surface area contributed by atoms with Crippen molar-refractivity contribution in [3.8, 4) is 0 Å². The van der Waals surface area contributed by atoms with Crippen LogP contribution in [0.4, 0.5) is 0 Å². The summed E-state index contributed by atoms with van der Waals surface area (Å²) < 4.78 is 4.90. The van der Waals surface area contributed by atoms with Crippen molar-refractivity contribution < 1.29 is 14.3 Å². The van der Waals surface area contributed by atoms with E-state index in [1.807, 2.05) is 0 Å². The molecule has 0 aromatic carbocycles. The molecule has 0 aromatic heterocycles. The fourth-order valence-corrected chi connectivity index (χ4v) is 3.78. The van der Waals surface area contributed by atoms with Gasteiger partial charge in [0.1, 0.15) is 0 Å². The highest BCUT2D eigenvalue weighted by Gasteiger charge is 2.40. The standard InChI is InChI=1S/C17H25NO3/c1-2-21-17(20)8-7-16(19)18(15-5-6-15)11-14-10-12-3-4-13(14)9-12/h3-4,12-15H,2,5-11H2,1H3. The van der Waals surface area contributed by atoms with E-state index in [0.29, 0.717) is 30.9 Å². The zero-order valence-electron chi connectivity index (χ0n) is 12.8. The number of nitrogens with zero attached hydrogens (tertiary/aromatic N) is 1. The zero-order chi connectivity index (χ0) is 14.8. The maximum Gasteiger partial charge on any atom is 0.306 e. The molecule has 3 unspecified atom stereocenters. The van der Waals surface area contributed by atoms with Gasteiger partial charge in [0.05, 0.1) is 13.0 Å². The van der Waals surface area contributed by atoms with Crippen LogP contribution in [0.15, 0.2) is 12.2 Å². The van der Waals surface area contributed by atoms with Crippen molar-refractivity contribution >= 4 is 11.9 Å². The Kier molecular flexibility index (Phi) is 4.32. The van der Waals surface area contributed by atoms with Gasteiger partial charge in [-0.2, -0.15) is 0 Å². The van der Waals surface area contributed by atoms with E-state index >= 15 is 0 Å². The van der Waals surface area contributed by atoms with Crippen LogP contribution in [0.2, 0.25) is 0 Å². The molecule has 21 heavy (non-hydrogen) atoms. The third kappa shape index (κ3) is 3.47. The van der Waals surface area contributed by atoms with Crippen LogP contribution in [0.5, 0.6) is 0 Å². The summed E-state index contributed by atoms with van der Waals surface area (Å²) in [5.74, 6) is 1.93. The van der Waals surface area contributed by atoms with Gasteiger partial charge in [-0.05, 0) is 50.4 Å². The summed E-state index contributed by atoms with van der Waals surface area (Å²) in [6, 6.07) is 0.433. The Bertz CT molecular complexity index is 441. The molecule has 1 amide bonds. The lowest BCUT2D eigenvalue weighted by Gasteiger charge is -2.28. The van der Waals surface area contributed by atoms with Gasteiger partial charge in [0.25, 0.3) is 0 Å². The van der Waals surface area contributed by atoms with Crippen LogP contribution in [0.1, 0.15) is 45.4 Å². The van der Waals surface area contributed by atoms with E-state index in [9.17, 15) is 9.59 Å². The molecule has 3 aliphatic rings. The fraction of sp³-hybridized carbons (Fsp3) is 0.765. The molecule has 2 fully saturated rings. The average molecular weight is 291 g/mol. The third-order valence-electron chi connectivity index (χ3n) is 5.00. The second-order valence-electron chi connectivity index (χ2n) is 6.62. The Morgan fingerprint density at radius 3 is 2.57 bits per heavy atom. The van der Waals surface area contributed by atoms with Gasteiger partial charge in [0.15, 0.2) is 0 Å². The van der Waals surface area contributed by atoms with Crippen LogP contribution >= 0.6 is 0 Å². The Labute approximate surface area is 126 Å². The molecule has 2 bridgehead atoms. The van der Waals surface area contributed by atoms with Crippen LogP contribution in [-0.4, -0.2) is 36.0 Å². The lowest BCUT2D eigenvalue weighted by molar-refractivity contribution is -0.146. The Morgan fingerprint density at radius 2 is 2.00 bits per heavy atom. The summed E-state index contributed by atoms with van der Waals surface area (Å²) in [6.07, 6.45) is 9.95. The average Bonchev–Trinajstić information content (AvgIpc) is 3.10. The number of ether oxygens (including phenoxy) is 1. The van der Waals surface area contributed by atoms with Crippen LogP contribution in [0.3, 0.4) is 0 Å². The molecule has 116 valence electrons. The van der Waals surface area contributed by atoms with Crippen molar-refractivity contribution in [1.29, 1.82) is 0 Å². The molecule has 4 nitrogen and oxygen atoms in total. The minimum absolute atomic E-state index is 0.136. The third-order valence-corrected chi connectivity index (χ3v) is 5.00. The predicted molar refractivity (Wildman–Crippen MR) is 79.4 cm³/mol. The van der Waals surface area contributed by atoms with Gasteiger partial charge < -0.3 is 9.64 Å². The molecule has 0 N–H and O–H groups in total. The number of hydrogen-bond donors (Lipinski definition) is 0. The van der Waals surface area contributed by atoms with E-state index < -0.39 is 0 Å². The number of amides is 1. The largest absolute Gasteiger partial charge is 0.466 e. The summed E-state index contributed by atoms with van der Waals surface area (Å²) in [4.78, 5) is 25.9. The van der Waals surface area contributed by atoms with Crippen molar-refractivity contribution in [1.82, 2.24) is 4.90 Å². The minimum atomic E-state index is -0.260. The van der Waals surface area contributed by atoms with Crippen LogP contribution < -0.4 is 0 Å². The first kappa shape index (κ1) is 14.6. The lowest BCUT2D eigenvalue weighted by atomic mass is 9.93. The normalized spacial score (nSPS) is 29.7. The van der Waals surface area contributed by atoms with Crippen LogP contribution in [0, 0.1) is 17.8 Å². The van der Waals surface area contributed by atoms with Crippen molar-refractivity contribution in [2.24, 2.45) is 17.8 Å². The van der Waals surface area contributed by atoms with E-state index in [-0.39, 0.29) is 18.3 Å². The summed E-state index contributed by atoms with van der Waals surface area (Å²) in [6.45, 7) is 3.06. The summed E-state index contributed by atoms with van der Waals surface area (Å²) in [5, 5.41) is 0. The summed E-state index contributed by atoms with van der Waals surface area (Å²) in [7, 11) is 0. The molecule has 0 aliphatic heterocycles. The Balaban J connectivity index is 1.51. The van der Waals surface area contributed by atoms with E-state index in [0.717, 1.165) is 25.3 Å². The SMILES string of the molecule is CCOC(=O)CCC(=O)N(CC1CC2C=CC1C2)C1CC1. The number of carbonyl (C=O) groups excluding carboxylic acids is 2. The predicted octanol–water partition coefficient (Wildman–Crippen LogP) is 2.53. The summed E-state index contributed by atoms with van der Waals surface area (Å²) >= 11 is 0. The first-order valence-electron chi connectivity index (χ1n) is 8.30. The highest BCUT2D eigenvalue weighted by molar-refractivity contribution is 5.81. The van der Waals surface area contributed by atoms with Crippen LogP contribution in [-0.2, 0) is 14.3 Å². The molecular formula is C17H25NO3. The smallest absolute Gasteiger partial charge is 0.306 e. The van der Waals surface area contributed by atoms with Crippen molar-refractivity contribution in [3.05, 3.63) is 12.2 Å². The van der Waals surface area contributed by atoms with Gasteiger partial charge in [-0.1, -0.05) is 12.2 Å². The monoisotopic (exact) mass is 291 g/mol. The number of hydrogen-bond acceptors (Lipinski definition) is 3. The molecule has 3 rings (SSSR count). The first-order chi connectivity index (χ1) is 10.2. The molecule has 0 spiro atoms. The molecule has 0 radical (unpaired) electrons. The molecule has 3 aliphatic carbocycles. The van der Waals surface area contributed by atoms with Crippen molar-refractivity contribution in [3.63, 3.8) is 0 Å². The van der Waals surface area contributed by atoms with E-state index in [2.05, 4.69) is 17.1 Å². The fourth-order valence-electron chi connectivity index (χ4n) is 3.78. The van der Waals surface area contributed by atoms with Gasteiger partial charge >= 0.3 is 5.97 Å². The summed E-state index contributed by atoms with van der Waals surface area (Å²) in [5.41, 5.74) is 0. The van der Waals surface area contributed by atoms with Crippen molar-refractivity contribution in [2.45, 2.75) is 51.5 Å². The minimum Gasteiger partial charge on any atom is -0.466 e. The lowest BCUT2D eigenvalue weighted by Crippen LogP contribution is -2.38. The molecule has 3 atom stereocenters. The number of rotatable bonds is 7. The van der Waals surface area contributed by atoms with Crippen LogP contribution in [0.25, 0.3) is 0 Å². The zero-order valence-corrected chi connectivity index (χ0v) is 12.8. The molecular weight excluding hydrogens is 266 g/mol. The Hall–Kier alpha value is -1.32. The van der Waals surface area contributed by atoms with Gasteiger partial charge in [-0.15, -0.1) is 0 Å². The topological polar surface area (TPSA) is 46.6 Å². The van der Waals surface area contributed by atoms with Gasteiger partial charge in [0.2, 0.25) is 5.91 Å². The number of esters is 1. The number of allylic oxidation sites excluding steroid dienone is 2. The maximum atomic E-state index is 12.4. The Morgan fingerprint density at radius 1 is 1.19 bits per heavy atom. The second kappa shape index (κ2) is 6.20. The molecule has 4 heteroatoms. The quantitative estimate of drug-likeness (QED) is 0.535. The van der Waals surface area contributed by atoms with E-state index in [4.69, 9.17) is 4.74 Å². The molecule has 0 aromatic rings. The highest BCUT2D eigenvalue weighted by atomic mass is 16.5. The number of carbonyl (C=O) groups is 2. The van der Waals surface area contributed by atoms with E-state index in [1.165, 1.54) is 12.8 Å². The second-order valence-corrected chi connectivity index (χ2v) is 6.62. The van der Waals surface area contributed by atoms with E-state index in [1.54, 1.807) is 6.92 Å².